The molecule has 4 N–H and O–H groups in total. The van der Waals surface area contributed by atoms with E-state index in [2.05, 4.69) is 42.1 Å². The van der Waals surface area contributed by atoms with Gasteiger partial charge in [0, 0.05) is 23.5 Å². The molecule has 1 saturated heterocycles. The van der Waals surface area contributed by atoms with Gasteiger partial charge in [-0.05, 0) is 6.07 Å². The van der Waals surface area contributed by atoms with Crippen molar-refractivity contribution in [3.63, 3.8) is 0 Å². The average molecular weight is 312 g/mol. The van der Waals surface area contributed by atoms with Gasteiger partial charge in [0.15, 0.2) is 6.04 Å². The van der Waals surface area contributed by atoms with Gasteiger partial charge < -0.3 is 15.6 Å². The number of primary amides is 1. The van der Waals surface area contributed by atoms with Crippen LogP contribution in [0.15, 0.2) is 23.0 Å². The number of imide groups is 1. The molecule has 2 aromatic rings. The maximum atomic E-state index is 11.4. The van der Waals surface area contributed by atoms with Crippen molar-refractivity contribution in [2.45, 2.75) is 6.04 Å². The molecule has 0 spiro atoms. The number of pyridine rings is 1. The molecule has 4 amide bonds. The SMILES string of the molecule is NC(=O)c1nc(-c2cncc(C#CC3NC(=O)NC3=O)c2)no1. The van der Waals surface area contributed by atoms with Crippen LogP contribution in [0.25, 0.3) is 11.4 Å². The normalized spacial score (nSPS) is 16.3. The van der Waals surface area contributed by atoms with E-state index in [9.17, 15) is 14.4 Å². The van der Waals surface area contributed by atoms with E-state index in [1.807, 2.05) is 0 Å². The summed E-state index contributed by atoms with van der Waals surface area (Å²) in [5, 5.41) is 8.03. The topological polar surface area (TPSA) is 153 Å². The predicted octanol–water partition coefficient (Wildman–Crippen LogP) is -1.21. The smallest absolute Gasteiger partial charge is 0.322 e. The summed E-state index contributed by atoms with van der Waals surface area (Å²) in [6, 6.07) is 0.0781. The summed E-state index contributed by atoms with van der Waals surface area (Å²) in [6.45, 7) is 0. The van der Waals surface area contributed by atoms with Crippen LogP contribution < -0.4 is 16.4 Å². The highest BCUT2D eigenvalue weighted by molar-refractivity contribution is 6.05. The molecule has 1 aliphatic rings. The van der Waals surface area contributed by atoms with Gasteiger partial charge in [-0.15, -0.1) is 0 Å². The molecule has 1 aliphatic heterocycles. The zero-order valence-corrected chi connectivity index (χ0v) is 11.4. The lowest BCUT2D eigenvalue weighted by atomic mass is 10.2. The number of rotatable bonds is 2. The van der Waals surface area contributed by atoms with Gasteiger partial charge in [0.2, 0.25) is 5.82 Å². The maximum absolute atomic E-state index is 11.4. The minimum absolute atomic E-state index is 0.127. The van der Waals surface area contributed by atoms with Gasteiger partial charge in [-0.1, -0.05) is 17.0 Å². The molecule has 3 heterocycles. The molecule has 1 atom stereocenters. The van der Waals surface area contributed by atoms with E-state index >= 15 is 0 Å². The van der Waals surface area contributed by atoms with Crippen LogP contribution in [0, 0.1) is 11.8 Å². The molecule has 114 valence electrons. The molecule has 0 radical (unpaired) electrons. The molecular formula is C13H8N6O4. The van der Waals surface area contributed by atoms with Gasteiger partial charge in [-0.2, -0.15) is 4.98 Å². The number of carbonyl (C=O) groups excluding carboxylic acids is 3. The first kappa shape index (κ1) is 14.2. The van der Waals surface area contributed by atoms with Gasteiger partial charge in [-0.25, -0.2) is 4.79 Å². The van der Waals surface area contributed by atoms with E-state index in [-0.39, 0.29) is 11.7 Å². The van der Waals surface area contributed by atoms with Crippen LogP contribution in [0.2, 0.25) is 0 Å². The number of nitrogens with zero attached hydrogens (tertiary/aromatic N) is 3. The van der Waals surface area contributed by atoms with Crippen LogP contribution in [-0.4, -0.2) is 39.0 Å². The van der Waals surface area contributed by atoms with E-state index in [1.54, 1.807) is 6.07 Å². The summed E-state index contributed by atoms with van der Waals surface area (Å²) in [7, 11) is 0. The van der Waals surface area contributed by atoms with Crippen molar-refractivity contribution in [2.24, 2.45) is 5.73 Å². The number of urea groups is 1. The second-order valence-corrected chi connectivity index (χ2v) is 4.41. The second kappa shape index (κ2) is 5.57. The van der Waals surface area contributed by atoms with Crippen molar-refractivity contribution >= 4 is 17.8 Å². The molecule has 23 heavy (non-hydrogen) atoms. The summed E-state index contributed by atoms with van der Waals surface area (Å²) < 4.78 is 4.69. The van der Waals surface area contributed by atoms with Crippen LogP contribution in [0.5, 0.6) is 0 Å². The molecule has 10 heteroatoms. The van der Waals surface area contributed by atoms with Crippen LogP contribution in [-0.2, 0) is 4.79 Å². The fraction of sp³-hybridized carbons (Fsp3) is 0.0769. The van der Waals surface area contributed by atoms with Crippen LogP contribution >= 0.6 is 0 Å². The molecular weight excluding hydrogens is 304 g/mol. The van der Waals surface area contributed by atoms with E-state index in [0.29, 0.717) is 11.1 Å². The highest BCUT2D eigenvalue weighted by Gasteiger charge is 2.27. The molecule has 1 fully saturated rings. The van der Waals surface area contributed by atoms with Crippen molar-refractivity contribution in [3.8, 4) is 23.2 Å². The Labute approximate surface area is 128 Å². The van der Waals surface area contributed by atoms with Crippen molar-refractivity contribution in [1.29, 1.82) is 0 Å². The van der Waals surface area contributed by atoms with Crippen molar-refractivity contribution < 1.29 is 18.9 Å². The van der Waals surface area contributed by atoms with Gasteiger partial charge in [0.1, 0.15) is 0 Å². The number of aromatic nitrogens is 3. The maximum Gasteiger partial charge on any atom is 0.322 e. The highest BCUT2D eigenvalue weighted by atomic mass is 16.5. The number of carbonyl (C=O) groups is 3. The zero-order valence-electron chi connectivity index (χ0n) is 11.4. The summed E-state index contributed by atoms with van der Waals surface area (Å²) in [5.41, 5.74) is 5.94. The number of amides is 4. The van der Waals surface area contributed by atoms with Gasteiger partial charge in [0.25, 0.3) is 5.91 Å². The Balaban J connectivity index is 1.84. The third kappa shape index (κ3) is 2.98. The van der Waals surface area contributed by atoms with Crippen LogP contribution in [0.1, 0.15) is 16.2 Å². The van der Waals surface area contributed by atoms with Crippen LogP contribution in [0.4, 0.5) is 4.79 Å². The Kier molecular flexibility index (Phi) is 3.44. The highest BCUT2D eigenvalue weighted by Crippen LogP contribution is 2.15. The number of hydrogen-bond acceptors (Lipinski definition) is 7. The number of nitrogens with one attached hydrogen (secondary N) is 2. The molecule has 10 nitrogen and oxygen atoms in total. The number of hydrogen-bond donors (Lipinski definition) is 3. The van der Waals surface area contributed by atoms with E-state index in [4.69, 9.17) is 5.73 Å². The fourth-order valence-electron chi connectivity index (χ4n) is 1.75. The third-order valence-corrected chi connectivity index (χ3v) is 2.77. The third-order valence-electron chi connectivity index (χ3n) is 2.77. The van der Waals surface area contributed by atoms with E-state index < -0.39 is 23.9 Å². The Bertz CT molecular complexity index is 878. The summed E-state index contributed by atoms with van der Waals surface area (Å²) in [4.78, 5) is 41.1. The minimum Gasteiger partial charge on any atom is -0.361 e. The quantitative estimate of drug-likeness (QED) is 0.464. The second-order valence-electron chi connectivity index (χ2n) is 4.41. The summed E-state index contributed by atoms with van der Waals surface area (Å²) in [6.07, 6.45) is 2.91. The lowest BCUT2D eigenvalue weighted by Crippen LogP contribution is -2.26. The monoisotopic (exact) mass is 312 g/mol. The first-order chi connectivity index (χ1) is 11.0. The zero-order chi connectivity index (χ0) is 16.4. The molecule has 0 aromatic carbocycles. The molecule has 1 unspecified atom stereocenters. The standard InChI is InChI=1S/C13H8N6O4/c14-9(20)12-17-10(19-23-12)7-3-6(4-15-5-7)1-2-8-11(21)18-13(22)16-8/h3-5,8H,(H2,14,20)(H2,16,18,21,22). The molecule has 0 saturated carbocycles. The Morgan fingerprint density at radius 1 is 1.35 bits per heavy atom. The Morgan fingerprint density at radius 3 is 2.83 bits per heavy atom. The molecule has 2 aromatic heterocycles. The molecule has 3 rings (SSSR count). The molecule has 0 aliphatic carbocycles. The Hall–Kier alpha value is -3.74. The summed E-state index contributed by atoms with van der Waals surface area (Å²) >= 11 is 0. The van der Waals surface area contributed by atoms with Crippen LogP contribution in [0.3, 0.4) is 0 Å². The minimum atomic E-state index is -0.919. The largest absolute Gasteiger partial charge is 0.361 e. The van der Waals surface area contributed by atoms with Crippen molar-refractivity contribution in [3.05, 3.63) is 29.9 Å². The Morgan fingerprint density at radius 2 is 2.17 bits per heavy atom. The first-order valence-corrected chi connectivity index (χ1v) is 6.25. The molecule has 0 bridgehead atoms. The van der Waals surface area contributed by atoms with Crippen molar-refractivity contribution in [2.75, 3.05) is 0 Å². The van der Waals surface area contributed by atoms with Gasteiger partial charge in [0.05, 0.1) is 0 Å². The van der Waals surface area contributed by atoms with Gasteiger partial charge >= 0.3 is 17.8 Å². The van der Waals surface area contributed by atoms with E-state index in [0.717, 1.165) is 0 Å². The average Bonchev–Trinajstić information content (AvgIpc) is 3.12. The van der Waals surface area contributed by atoms with E-state index in [1.165, 1.54) is 12.4 Å². The lowest BCUT2D eigenvalue weighted by Gasteiger charge is -1.96. The summed E-state index contributed by atoms with van der Waals surface area (Å²) in [5.74, 6) is 3.77. The number of nitrogens with two attached hydrogens (primary N) is 1. The van der Waals surface area contributed by atoms with Gasteiger partial charge in [-0.3, -0.25) is 19.9 Å². The fourth-order valence-corrected chi connectivity index (χ4v) is 1.75. The lowest BCUT2D eigenvalue weighted by molar-refractivity contribution is -0.119. The predicted molar refractivity (Wildman–Crippen MR) is 73.4 cm³/mol. The first-order valence-electron chi connectivity index (χ1n) is 6.25. The van der Waals surface area contributed by atoms with Crippen molar-refractivity contribution in [1.82, 2.24) is 25.8 Å².